The third kappa shape index (κ3) is 8.67. The van der Waals surface area contributed by atoms with Crippen LogP contribution in [-0.4, -0.2) is 102 Å². The van der Waals surface area contributed by atoms with Crippen LogP contribution in [0.15, 0.2) is 11.3 Å². The third-order valence-corrected chi connectivity index (χ3v) is 6.52. The normalized spacial score (nSPS) is 21.1. The van der Waals surface area contributed by atoms with Crippen molar-refractivity contribution >= 4 is 5.96 Å². The highest BCUT2D eigenvalue weighted by molar-refractivity contribution is 5.79. The molecular formula is C23H44N8O. The fourth-order valence-electron chi connectivity index (χ4n) is 4.50. The fourth-order valence-corrected chi connectivity index (χ4v) is 4.50. The van der Waals surface area contributed by atoms with Gasteiger partial charge in [0.2, 0.25) is 0 Å². The second-order valence-electron chi connectivity index (χ2n) is 8.92. The molecule has 2 N–H and O–H groups in total. The number of nitrogens with one attached hydrogen (secondary N) is 2. The van der Waals surface area contributed by atoms with Crippen LogP contribution >= 0.6 is 0 Å². The highest BCUT2D eigenvalue weighted by atomic mass is 16.5. The maximum Gasteiger partial charge on any atom is 0.191 e. The maximum absolute atomic E-state index is 5.44. The Morgan fingerprint density at radius 3 is 2.75 bits per heavy atom. The van der Waals surface area contributed by atoms with Crippen molar-refractivity contribution in [1.82, 2.24) is 35.2 Å². The van der Waals surface area contributed by atoms with Gasteiger partial charge in [-0.05, 0) is 39.2 Å². The lowest BCUT2D eigenvalue weighted by atomic mass is 10.0. The van der Waals surface area contributed by atoms with Crippen molar-refractivity contribution in [2.75, 3.05) is 65.6 Å². The molecule has 0 aromatic carbocycles. The van der Waals surface area contributed by atoms with Gasteiger partial charge in [-0.15, -0.1) is 10.2 Å². The predicted octanol–water partition coefficient (Wildman–Crippen LogP) is 1.36. The number of aromatic nitrogens is 3. The van der Waals surface area contributed by atoms with Crippen molar-refractivity contribution < 1.29 is 4.74 Å². The lowest BCUT2D eigenvalue weighted by Gasteiger charge is -2.33. The van der Waals surface area contributed by atoms with Gasteiger partial charge in [-0.3, -0.25) is 9.89 Å². The Morgan fingerprint density at radius 2 is 1.94 bits per heavy atom. The molecule has 9 nitrogen and oxygen atoms in total. The van der Waals surface area contributed by atoms with Gasteiger partial charge in [0.25, 0.3) is 0 Å². The van der Waals surface area contributed by atoms with E-state index in [1.54, 1.807) is 0 Å². The summed E-state index contributed by atoms with van der Waals surface area (Å²) in [5, 5.41) is 15.3. The summed E-state index contributed by atoms with van der Waals surface area (Å²) in [6.45, 7) is 15.2. The first-order valence-electron chi connectivity index (χ1n) is 12.7. The zero-order chi connectivity index (χ0) is 22.4. The zero-order valence-corrected chi connectivity index (χ0v) is 20.3. The minimum absolute atomic E-state index is 0.728. The Bertz CT molecular complexity index is 658. The number of hydrogen-bond acceptors (Lipinski definition) is 6. The van der Waals surface area contributed by atoms with Crippen molar-refractivity contribution in [2.24, 2.45) is 4.99 Å². The molecule has 0 aliphatic carbocycles. The van der Waals surface area contributed by atoms with Crippen LogP contribution in [0.3, 0.4) is 0 Å². The summed E-state index contributed by atoms with van der Waals surface area (Å²) < 4.78 is 7.55. The molecule has 1 unspecified atom stereocenters. The van der Waals surface area contributed by atoms with Gasteiger partial charge >= 0.3 is 0 Å². The number of rotatable bonds is 12. The van der Waals surface area contributed by atoms with Crippen LogP contribution in [0.25, 0.3) is 0 Å². The molecule has 3 rings (SSSR count). The first-order valence-corrected chi connectivity index (χ1v) is 12.7. The van der Waals surface area contributed by atoms with Gasteiger partial charge in [-0.25, -0.2) is 0 Å². The van der Waals surface area contributed by atoms with Crippen LogP contribution in [0.4, 0.5) is 0 Å². The summed E-state index contributed by atoms with van der Waals surface area (Å²) in [5.74, 6) is 1.95. The van der Waals surface area contributed by atoms with Gasteiger partial charge in [0.1, 0.15) is 12.2 Å². The summed E-state index contributed by atoms with van der Waals surface area (Å²) >= 11 is 0. The van der Waals surface area contributed by atoms with Gasteiger partial charge < -0.3 is 24.8 Å². The molecule has 32 heavy (non-hydrogen) atoms. The molecule has 0 radical (unpaired) electrons. The van der Waals surface area contributed by atoms with Crippen molar-refractivity contribution in [1.29, 1.82) is 0 Å². The Balaban J connectivity index is 1.40. The van der Waals surface area contributed by atoms with E-state index in [9.17, 15) is 0 Å². The van der Waals surface area contributed by atoms with E-state index in [1.807, 2.05) is 6.33 Å². The number of aliphatic imine (C=N–C) groups is 1. The first-order chi connectivity index (χ1) is 15.8. The second kappa shape index (κ2) is 14.4. The van der Waals surface area contributed by atoms with Gasteiger partial charge in [-0.1, -0.05) is 13.3 Å². The molecule has 0 bridgehead atoms. The van der Waals surface area contributed by atoms with Crippen molar-refractivity contribution in [2.45, 2.75) is 65.0 Å². The Hall–Kier alpha value is -1.71. The van der Waals surface area contributed by atoms with E-state index < -0.39 is 0 Å². The molecular weight excluding hydrogens is 404 g/mol. The number of hydrogen-bond donors (Lipinski definition) is 2. The smallest absolute Gasteiger partial charge is 0.191 e. The molecule has 0 spiro atoms. The molecule has 2 aliphatic rings. The Morgan fingerprint density at radius 1 is 1.09 bits per heavy atom. The van der Waals surface area contributed by atoms with E-state index in [0.29, 0.717) is 0 Å². The fraction of sp³-hybridized carbons (Fsp3) is 0.870. The van der Waals surface area contributed by atoms with E-state index in [0.717, 1.165) is 96.1 Å². The number of nitrogens with zero attached hydrogens (tertiary/aromatic N) is 6. The molecule has 2 saturated heterocycles. The van der Waals surface area contributed by atoms with E-state index in [4.69, 9.17) is 9.73 Å². The quantitative estimate of drug-likeness (QED) is 0.284. The summed E-state index contributed by atoms with van der Waals surface area (Å²) in [7, 11) is 0. The van der Waals surface area contributed by atoms with Gasteiger partial charge in [-0.2, -0.15) is 0 Å². The summed E-state index contributed by atoms with van der Waals surface area (Å²) in [5.41, 5.74) is 0. The van der Waals surface area contributed by atoms with Crippen LogP contribution in [0.1, 0.15) is 51.8 Å². The minimum Gasteiger partial charge on any atom is -0.379 e. The topological polar surface area (TPSA) is 82.8 Å². The van der Waals surface area contributed by atoms with Crippen LogP contribution < -0.4 is 10.6 Å². The van der Waals surface area contributed by atoms with Crippen LogP contribution in [0, 0.1) is 0 Å². The number of aryl methyl sites for hydroxylation is 1. The van der Waals surface area contributed by atoms with Crippen molar-refractivity contribution in [3.8, 4) is 0 Å². The SMILES string of the molecule is CCc1nncn1CCNC(=NCCCN1CCOCC1)NCCCN1CCCCC1C. The van der Waals surface area contributed by atoms with E-state index >= 15 is 0 Å². The number of ether oxygens (including phenoxy) is 1. The van der Waals surface area contributed by atoms with Gasteiger partial charge in [0.15, 0.2) is 5.96 Å². The molecule has 1 aromatic heterocycles. The van der Waals surface area contributed by atoms with Gasteiger partial charge in [0, 0.05) is 64.8 Å². The molecule has 2 aliphatic heterocycles. The predicted molar refractivity (Wildman–Crippen MR) is 129 cm³/mol. The third-order valence-electron chi connectivity index (χ3n) is 6.52. The largest absolute Gasteiger partial charge is 0.379 e. The number of morpholine rings is 1. The van der Waals surface area contributed by atoms with E-state index in [1.165, 1.54) is 32.4 Å². The number of piperidine rings is 1. The molecule has 0 saturated carbocycles. The monoisotopic (exact) mass is 448 g/mol. The summed E-state index contributed by atoms with van der Waals surface area (Å²) in [6, 6.07) is 0.728. The number of guanidine groups is 1. The minimum atomic E-state index is 0.728. The Labute approximate surface area is 194 Å². The average molecular weight is 449 g/mol. The first kappa shape index (κ1) is 24.9. The molecule has 0 amide bonds. The molecule has 9 heteroatoms. The van der Waals surface area contributed by atoms with E-state index in [-0.39, 0.29) is 0 Å². The summed E-state index contributed by atoms with van der Waals surface area (Å²) in [4.78, 5) is 9.96. The van der Waals surface area contributed by atoms with Crippen LogP contribution in [-0.2, 0) is 17.7 Å². The number of likely N-dealkylation sites (tertiary alicyclic amines) is 1. The van der Waals surface area contributed by atoms with Crippen molar-refractivity contribution in [3.63, 3.8) is 0 Å². The molecule has 3 heterocycles. The molecule has 1 atom stereocenters. The standard InChI is InChI=1S/C23H44N8O/c1-3-22-28-27-20-31(22)15-11-26-23(24-9-6-12-29-16-18-32-19-17-29)25-10-7-14-30-13-5-4-8-21(30)2/h20-21H,3-19H2,1-2H3,(H2,24,25,26). The molecule has 1 aromatic rings. The maximum atomic E-state index is 5.44. The van der Waals surface area contributed by atoms with E-state index in [2.05, 4.69) is 49.0 Å². The molecule has 2 fully saturated rings. The van der Waals surface area contributed by atoms with Crippen LogP contribution in [0.2, 0.25) is 0 Å². The highest BCUT2D eigenvalue weighted by Gasteiger charge is 2.17. The highest BCUT2D eigenvalue weighted by Crippen LogP contribution is 2.16. The lowest BCUT2D eigenvalue weighted by Crippen LogP contribution is -2.42. The second-order valence-corrected chi connectivity index (χ2v) is 8.92. The average Bonchev–Trinajstić information content (AvgIpc) is 3.28. The molecule has 182 valence electrons. The summed E-state index contributed by atoms with van der Waals surface area (Å²) in [6.07, 6.45) is 9.00. The zero-order valence-electron chi connectivity index (χ0n) is 20.3. The van der Waals surface area contributed by atoms with Crippen LogP contribution in [0.5, 0.6) is 0 Å². The Kier molecular flexibility index (Phi) is 11.2. The van der Waals surface area contributed by atoms with Crippen molar-refractivity contribution in [3.05, 3.63) is 12.2 Å². The lowest BCUT2D eigenvalue weighted by molar-refractivity contribution is 0.0377. The van der Waals surface area contributed by atoms with Gasteiger partial charge in [0.05, 0.1) is 13.2 Å².